The third-order valence-electron chi connectivity index (χ3n) is 3.87. The van der Waals surface area contributed by atoms with Crippen molar-refractivity contribution in [3.63, 3.8) is 0 Å². The lowest BCUT2D eigenvalue weighted by molar-refractivity contribution is -0.144. The topological polar surface area (TPSA) is 84.0 Å². The highest BCUT2D eigenvalue weighted by atomic mass is 32.2. The van der Waals surface area contributed by atoms with Gasteiger partial charge in [-0.05, 0) is 43.8 Å². The first-order chi connectivity index (χ1) is 12.6. The Morgan fingerprint density at radius 2 is 1.74 bits per heavy atom. The van der Waals surface area contributed by atoms with Gasteiger partial charge in [-0.3, -0.25) is 0 Å². The van der Waals surface area contributed by atoms with Gasteiger partial charge in [0.05, 0.1) is 10.4 Å². The Morgan fingerprint density at radius 1 is 1.04 bits per heavy atom. The zero-order valence-corrected chi connectivity index (χ0v) is 15.1. The van der Waals surface area contributed by atoms with E-state index in [4.69, 9.17) is 0 Å². The Bertz CT molecular complexity index is 1110. The van der Waals surface area contributed by atoms with Gasteiger partial charge in [-0.15, -0.1) is 0 Å². The lowest BCUT2D eigenvalue weighted by Crippen LogP contribution is -2.19. The minimum atomic E-state index is -4.71. The van der Waals surface area contributed by atoms with Gasteiger partial charge in [0.25, 0.3) is 0 Å². The van der Waals surface area contributed by atoms with Crippen LogP contribution in [0.2, 0.25) is 0 Å². The number of halogens is 3. The van der Waals surface area contributed by atoms with Crippen LogP contribution in [0.3, 0.4) is 0 Å². The molecular formula is C17H15F3N4O2S. The number of anilines is 2. The zero-order valence-electron chi connectivity index (χ0n) is 14.3. The van der Waals surface area contributed by atoms with Crippen LogP contribution in [0.25, 0.3) is 10.9 Å². The van der Waals surface area contributed by atoms with Gasteiger partial charge in [0.15, 0.2) is 0 Å². The van der Waals surface area contributed by atoms with E-state index in [1.54, 1.807) is 37.3 Å². The number of aryl methyl sites for hydroxylation is 1. The summed E-state index contributed by atoms with van der Waals surface area (Å²) in [5.74, 6) is -1.34. The van der Waals surface area contributed by atoms with Crippen molar-refractivity contribution < 1.29 is 21.6 Å². The summed E-state index contributed by atoms with van der Waals surface area (Å²) in [5, 5.41) is 3.16. The van der Waals surface area contributed by atoms with Crippen molar-refractivity contribution in [1.82, 2.24) is 14.7 Å². The van der Waals surface area contributed by atoms with E-state index in [0.717, 1.165) is 0 Å². The molecule has 142 valence electrons. The fourth-order valence-electron chi connectivity index (χ4n) is 2.51. The molecule has 0 amide bonds. The van der Waals surface area contributed by atoms with Crippen molar-refractivity contribution in [2.75, 3.05) is 12.4 Å². The van der Waals surface area contributed by atoms with E-state index in [2.05, 4.69) is 20.0 Å². The van der Waals surface area contributed by atoms with Gasteiger partial charge in [-0.2, -0.15) is 13.2 Å². The number of alkyl halides is 3. The molecule has 0 aliphatic carbocycles. The summed E-state index contributed by atoms with van der Waals surface area (Å²) in [6, 6.07) is 10.7. The molecule has 0 atom stereocenters. The van der Waals surface area contributed by atoms with Crippen LogP contribution in [-0.2, 0) is 16.2 Å². The maximum atomic E-state index is 13.1. The molecule has 3 aromatic rings. The average molecular weight is 396 g/mol. The number of nitrogens with one attached hydrogen (secondary N) is 2. The molecule has 0 fully saturated rings. The van der Waals surface area contributed by atoms with E-state index in [9.17, 15) is 21.6 Å². The van der Waals surface area contributed by atoms with Crippen molar-refractivity contribution >= 4 is 32.4 Å². The molecule has 27 heavy (non-hydrogen) atoms. The number of rotatable bonds is 4. The first kappa shape index (κ1) is 19.1. The van der Waals surface area contributed by atoms with E-state index in [1.165, 1.54) is 19.2 Å². The smallest absolute Gasteiger partial charge is 0.340 e. The molecule has 2 N–H and O–H groups in total. The highest BCUT2D eigenvalue weighted by molar-refractivity contribution is 7.89. The molecule has 0 spiro atoms. The van der Waals surface area contributed by atoms with Crippen LogP contribution in [0, 0.1) is 6.92 Å². The molecular weight excluding hydrogens is 381 g/mol. The van der Waals surface area contributed by atoms with Crippen molar-refractivity contribution in [3.05, 3.63) is 53.9 Å². The molecule has 6 nitrogen and oxygen atoms in total. The van der Waals surface area contributed by atoms with Crippen LogP contribution in [0.4, 0.5) is 24.7 Å². The first-order valence-corrected chi connectivity index (χ1v) is 9.25. The molecule has 10 heteroatoms. The lowest BCUT2D eigenvalue weighted by atomic mass is 10.2. The summed E-state index contributed by atoms with van der Waals surface area (Å²) in [6.45, 7) is 1.62. The zero-order chi connectivity index (χ0) is 19.8. The Balaban J connectivity index is 2.13. The van der Waals surface area contributed by atoms with E-state index in [0.29, 0.717) is 10.9 Å². The molecule has 0 unspecified atom stereocenters. The molecule has 2 aromatic carbocycles. The van der Waals surface area contributed by atoms with Crippen molar-refractivity contribution in [2.45, 2.75) is 18.0 Å². The first-order valence-electron chi connectivity index (χ1n) is 7.77. The fourth-order valence-corrected chi connectivity index (χ4v) is 3.51. The molecule has 1 heterocycles. The van der Waals surface area contributed by atoms with Crippen LogP contribution in [0.1, 0.15) is 11.4 Å². The van der Waals surface area contributed by atoms with Crippen LogP contribution < -0.4 is 10.0 Å². The minimum Gasteiger partial charge on any atom is -0.340 e. The van der Waals surface area contributed by atoms with Gasteiger partial charge in [0, 0.05) is 11.1 Å². The molecule has 0 bridgehead atoms. The summed E-state index contributed by atoms with van der Waals surface area (Å²) in [4.78, 5) is 7.16. The number of hydrogen-bond acceptors (Lipinski definition) is 5. The number of nitrogens with zero attached hydrogens (tertiary/aromatic N) is 2. The Kier molecular flexibility index (Phi) is 4.79. The molecule has 0 aliphatic rings. The van der Waals surface area contributed by atoms with Crippen LogP contribution in [0.15, 0.2) is 47.4 Å². The predicted octanol–water partition coefficient (Wildman–Crippen LogP) is 3.61. The van der Waals surface area contributed by atoms with Crippen LogP contribution in [-0.4, -0.2) is 25.4 Å². The normalized spacial score (nSPS) is 12.3. The summed E-state index contributed by atoms with van der Waals surface area (Å²) in [5.41, 5.74) is 0.905. The van der Waals surface area contributed by atoms with E-state index < -0.39 is 22.0 Å². The van der Waals surface area contributed by atoms with Gasteiger partial charge < -0.3 is 5.32 Å². The SMILES string of the molecule is CNS(=O)(=O)c1cc(Nc2nc(C(F)(F)F)nc3ccccc23)ccc1C. The summed E-state index contributed by atoms with van der Waals surface area (Å²) < 4.78 is 65.8. The molecule has 0 saturated heterocycles. The number of hydrogen-bond donors (Lipinski definition) is 2. The second kappa shape index (κ2) is 6.78. The number of aromatic nitrogens is 2. The quantitative estimate of drug-likeness (QED) is 0.704. The molecule has 1 aromatic heterocycles. The fraction of sp³-hybridized carbons (Fsp3) is 0.176. The Hall–Kier alpha value is -2.72. The number of benzene rings is 2. The maximum Gasteiger partial charge on any atom is 0.451 e. The van der Waals surface area contributed by atoms with Gasteiger partial charge in [-0.25, -0.2) is 23.1 Å². The second-order valence-electron chi connectivity index (χ2n) is 5.72. The molecule has 0 radical (unpaired) electrons. The number of fused-ring (bicyclic) bond motifs is 1. The van der Waals surface area contributed by atoms with Gasteiger partial charge >= 0.3 is 6.18 Å². The molecule has 0 aliphatic heterocycles. The van der Waals surface area contributed by atoms with E-state index in [-0.39, 0.29) is 21.9 Å². The van der Waals surface area contributed by atoms with Crippen molar-refractivity contribution in [1.29, 1.82) is 0 Å². The van der Waals surface area contributed by atoms with Crippen molar-refractivity contribution in [2.24, 2.45) is 0 Å². The molecule has 0 saturated carbocycles. The highest BCUT2D eigenvalue weighted by Gasteiger charge is 2.35. The van der Waals surface area contributed by atoms with Gasteiger partial charge in [-0.1, -0.05) is 18.2 Å². The number of para-hydroxylation sites is 1. The van der Waals surface area contributed by atoms with Crippen LogP contribution in [0.5, 0.6) is 0 Å². The van der Waals surface area contributed by atoms with Gasteiger partial charge in [0.2, 0.25) is 15.8 Å². The monoisotopic (exact) mass is 396 g/mol. The van der Waals surface area contributed by atoms with E-state index >= 15 is 0 Å². The third-order valence-corrected chi connectivity index (χ3v) is 5.42. The summed E-state index contributed by atoms with van der Waals surface area (Å²) in [7, 11) is -2.44. The summed E-state index contributed by atoms with van der Waals surface area (Å²) >= 11 is 0. The lowest BCUT2D eigenvalue weighted by Gasteiger charge is -2.14. The Labute approximate surface area is 153 Å². The van der Waals surface area contributed by atoms with E-state index in [1.807, 2.05) is 0 Å². The average Bonchev–Trinajstić information content (AvgIpc) is 2.62. The predicted molar refractivity (Wildman–Crippen MR) is 95.2 cm³/mol. The summed E-state index contributed by atoms with van der Waals surface area (Å²) in [6.07, 6.45) is -4.71. The number of sulfonamides is 1. The van der Waals surface area contributed by atoms with Crippen molar-refractivity contribution in [3.8, 4) is 0 Å². The van der Waals surface area contributed by atoms with Crippen LogP contribution >= 0.6 is 0 Å². The highest BCUT2D eigenvalue weighted by Crippen LogP contribution is 2.32. The second-order valence-corrected chi connectivity index (χ2v) is 7.58. The minimum absolute atomic E-state index is 0.0180. The standard InChI is InChI=1S/C17H15F3N4O2S/c1-10-7-8-11(9-14(10)27(25,26)21-2)22-15-12-5-3-4-6-13(12)23-16(24-15)17(18,19)20/h3-9,21H,1-2H3,(H,22,23,24). The third kappa shape index (κ3) is 3.86. The molecule has 3 rings (SSSR count). The Morgan fingerprint density at radius 3 is 2.41 bits per heavy atom. The van der Waals surface area contributed by atoms with Gasteiger partial charge in [0.1, 0.15) is 5.82 Å². The largest absolute Gasteiger partial charge is 0.451 e. The maximum absolute atomic E-state index is 13.1.